The van der Waals surface area contributed by atoms with Gasteiger partial charge in [0.15, 0.2) is 0 Å². The zero-order valence-corrected chi connectivity index (χ0v) is 12.8. The molecule has 1 fully saturated rings. The van der Waals surface area contributed by atoms with Crippen LogP contribution in [0.25, 0.3) is 0 Å². The van der Waals surface area contributed by atoms with Gasteiger partial charge in [-0.25, -0.2) is 0 Å². The zero-order chi connectivity index (χ0) is 13.1. The van der Waals surface area contributed by atoms with Gasteiger partial charge in [0.2, 0.25) is 0 Å². The van der Waals surface area contributed by atoms with Gasteiger partial charge in [-0.2, -0.15) is 0 Å². The molecule has 2 rings (SSSR count). The summed E-state index contributed by atoms with van der Waals surface area (Å²) in [6.45, 7) is 2.98. The van der Waals surface area contributed by atoms with Gasteiger partial charge in [-0.1, -0.05) is 40.9 Å². The normalized spacial score (nSPS) is 14.6. The first-order valence-corrected chi connectivity index (χ1v) is 7.56. The monoisotopic (exact) mass is 329 g/mol. The van der Waals surface area contributed by atoms with Crippen molar-refractivity contribution >= 4 is 33.4 Å². The molecule has 0 N–H and O–H groups in total. The minimum absolute atomic E-state index is 0.0669. The van der Waals surface area contributed by atoms with Crippen LogP contribution in [0, 0.1) is 0 Å². The van der Waals surface area contributed by atoms with Gasteiger partial charge in [-0.05, 0) is 37.5 Å². The first-order valence-electron chi connectivity index (χ1n) is 6.39. The molecule has 0 saturated heterocycles. The van der Waals surface area contributed by atoms with E-state index in [1.807, 2.05) is 17.0 Å². The molecule has 0 unspecified atom stereocenters. The summed E-state index contributed by atoms with van der Waals surface area (Å²) >= 11 is 9.52. The molecule has 2 nitrogen and oxygen atoms in total. The van der Waals surface area contributed by atoms with Gasteiger partial charge in [0.25, 0.3) is 5.91 Å². The van der Waals surface area contributed by atoms with Gasteiger partial charge >= 0.3 is 0 Å². The Morgan fingerprint density at radius 2 is 2.22 bits per heavy atom. The Kier molecular flexibility index (Phi) is 4.68. The van der Waals surface area contributed by atoms with Crippen LogP contribution >= 0.6 is 27.5 Å². The van der Waals surface area contributed by atoms with E-state index in [2.05, 4.69) is 22.9 Å². The fourth-order valence-corrected chi connectivity index (χ4v) is 2.54. The lowest BCUT2D eigenvalue weighted by atomic mass is 10.2. The summed E-state index contributed by atoms with van der Waals surface area (Å²) in [6.07, 6.45) is 4.40. The van der Waals surface area contributed by atoms with Crippen LogP contribution in [0.4, 0.5) is 0 Å². The highest BCUT2D eigenvalue weighted by Gasteiger charge is 2.33. The summed E-state index contributed by atoms with van der Waals surface area (Å²) < 4.78 is 0.890. The minimum atomic E-state index is 0.0669. The van der Waals surface area contributed by atoms with Crippen LogP contribution in [0.1, 0.15) is 43.0 Å². The molecule has 0 atom stereocenters. The molecule has 18 heavy (non-hydrogen) atoms. The largest absolute Gasteiger partial charge is 0.336 e. The maximum absolute atomic E-state index is 12.5. The number of amides is 1. The topological polar surface area (TPSA) is 20.3 Å². The third-order valence-electron chi connectivity index (χ3n) is 3.16. The Hall–Kier alpha value is -0.540. The van der Waals surface area contributed by atoms with Crippen molar-refractivity contribution in [1.82, 2.24) is 4.90 Å². The Labute approximate surface area is 121 Å². The first-order chi connectivity index (χ1) is 8.63. The van der Waals surface area contributed by atoms with E-state index in [1.165, 1.54) is 0 Å². The zero-order valence-electron chi connectivity index (χ0n) is 10.5. The van der Waals surface area contributed by atoms with Crippen molar-refractivity contribution in [2.24, 2.45) is 0 Å². The van der Waals surface area contributed by atoms with Gasteiger partial charge in [0.05, 0.1) is 10.6 Å². The second-order valence-corrected chi connectivity index (χ2v) is 6.03. The second kappa shape index (κ2) is 6.07. The predicted molar refractivity (Wildman–Crippen MR) is 78.1 cm³/mol. The van der Waals surface area contributed by atoms with E-state index in [-0.39, 0.29) is 5.91 Å². The lowest BCUT2D eigenvalue weighted by molar-refractivity contribution is 0.0741. The lowest BCUT2D eigenvalue weighted by Crippen LogP contribution is -2.34. The quantitative estimate of drug-likeness (QED) is 0.778. The van der Waals surface area contributed by atoms with Crippen molar-refractivity contribution in [3.05, 3.63) is 33.3 Å². The number of unbranched alkanes of at least 4 members (excludes halogenated alkanes) is 1. The molecule has 0 aliphatic heterocycles. The van der Waals surface area contributed by atoms with Crippen molar-refractivity contribution in [1.29, 1.82) is 0 Å². The summed E-state index contributed by atoms with van der Waals surface area (Å²) in [5.41, 5.74) is 0.606. The van der Waals surface area contributed by atoms with Gasteiger partial charge in [0, 0.05) is 17.1 Å². The van der Waals surface area contributed by atoms with E-state index in [0.29, 0.717) is 16.6 Å². The Balaban J connectivity index is 2.19. The van der Waals surface area contributed by atoms with E-state index >= 15 is 0 Å². The fourth-order valence-electron chi connectivity index (χ4n) is 1.98. The minimum Gasteiger partial charge on any atom is -0.336 e. The number of halogens is 2. The summed E-state index contributed by atoms with van der Waals surface area (Å²) in [5, 5.41) is 0.533. The molecule has 0 aromatic heterocycles. The van der Waals surface area contributed by atoms with Crippen molar-refractivity contribution < 1.29 is 4.79 Å². The van der Waals surface area contributed by atoms with Crippen LogP contribution in [0.2, 0.25) is 5.02 Å². The van der Waals surface area contributed by atoms with Crippen LogP contribution in [0.3, 0.4) is 0 Å². The van der Waals surface area contributed by atoms with Crippen molar-refractivity contribution in [3.63, 3.8) is 0 Å². The van der Waals surface area contributed by atoms with E-state index in [0.717, 1.165) is 36.7 Å². The number of nitrogens with zero attached hydrogens (tertiary/aromatic N) is 1. The average molecular weight is 331 g/mol. The molecule has 1 amide bonds. The number of hydrogen-bond acceptors (Lipinski definition) is 1. The molecule has 1 aromatic rings. The molecule has 0 heterocycles. The highest BCUT2D eigenvalue weighted by Crippen LogP contribution is 2.30. The molecule has 0 bridgehead atoms. The van der Waals surface area contributed by atoms with Crippen LogP contribution in [-0.4, -0.2) is 23.4 Å². The number of benzene rings is 1. The Morgan fingerprint density at radius 1 is 1.50 bits per heavy atom. The molecule has 0 spiro atoms. The predicted octanol–water partition coefficient (Wildman–Crippen LogP) is 4.51. The number of carbonyl (C=O) groups excluding carboxylic acids is 1. The molecule has 1 aromatic carbocycles. The summed E-state index contributed by atoms with van der Waals surface area (Å²) in [6, 6.07) is 5.86. The summed E-state index contributed by atoms with van der Waals surface area (Å²) in [5.74, 6) is 0.0669. The molecule has 4 heteroatoms. The summed E-state index contributed by atoms with van der Waals surface area (Å²) in [7, 11) is 0. The average Bonchev–Trinajstić information content (AvgIpc) is 3.17. The lowest BCUT2D eigenvalue weighted by Gasteiger charge is -2.23. The second-order valence-electron chi connectivity index (χ2n) is 4.71. The highest BCUT2D eigenvalue weighted by molar-refractivity contribution is 9.10. The van der Waals surface area contributed by atoms with E-state index in [9.17, 15) is 4.79 Å². The third-order valence-corrected chi connectivity index (χ3v) is 3.98. The highest BCUT2D eigenvalue weighted by atomic mass is 79.9. The molecule has 1 saturated carbocycles. The molecule has 98 valence electrons. The molecule has 1 aliphatic carbocycles. The van der Waals surface area contributed by atoms with Crippen LogP contribution in [-0.2, 0) is 0 Å². The fraction of sp³-hybridized carbons (Fsp3) is 0.500. The number of hydrogen-bond donors (Lipinski definition) is 0. The number of carbonyl (C=O) groups is 1. The SMILES string of the molecule is CCCCN(C(=O)c1cc(Br)ccc1Cl)C1CC1. The Bertz CT molecular complexity index is 445. The van der Waals surface area contributed by atoms with Crippen molar-refractivity contribution in [2.75, 3.05) is 6.54 Å². The maximum atomic E-state index is 12.5. The Morgan fingerprint density at radius 3 is 2.83 bits per heavy atom. The standard InChI is InChI=1S/C14H17BrClNO/c1-2-3-8-17(11-5-6-11)14(18)12-9-10(15)4-7-13(12)16/h4,7,9,11H,2-3,5-6,8H2,1H3. The van der Waals surface area contributed by atoms with Crippen LogP contribution < -0.4 is 0 Å². The van der Waals surface area contributed by atoms with Gasteiger partial charge in [-0.15, -0.1) is 0 Å². The smallest absolute Gasteiger partial charge is 0.255 e. The first kappa shape index (κ1) is 13.9. The maximum Gasteiger partial charge on any atom is 0.255 e. The molecular weight excluding hydrogens is 314 g/mol. The number of rotatable bonds is 5. The van der Waals surface area contributed by atoms with Gasteiger partial charge < -0.3 is 4.90 Å². The van der Waals surface area contributed by atoms with Crippen molar-refractivity contribution in [2.45, 2.75) is 38.6 Å². The molecular formula is C14H17BrClNO. The molecule has 1 aliphatic rings. The van der Waals surface area contributed by atoms with E-state index in [4.69, 9.17) is 11.6 Å². The van der Waals surface area contributed by atoms with E-state index < -0.39 is 0 Å². The molecule has 0 radical (unpaired) electrons. The third kappa shape index (κ3) is 3.27. The van der Waals surface area contributed by atoms with Crippen LogP contribution in [0.15, 0.2) is 22.7 Å². The van der Waals surface area contributed by atoms with Crippen LogP contribution in [0.5, 0.6) is 0 Å². The van der Waals surface area contributed by atoms with Gasteiger partial charge in [-0.3, -0.25) is 4.79 Å². The summed E-state index contributed by atoms with van der Waals surface area (Å²) in [4.78, 5) is 14.5. The van der Waals surface area contributed by atoms with Crippen molar-refractivity contribution in [3.8, 4) is 0 Å². The van der Waals surface area contributed by atoms with Gasteiger partial charge in [0.1, 0.15) is 0 Å². The van der Waals surface area contributed by atoms with E-state index in [1.54, 1.807) is 6.07 Å².